The number of methoxy groups -OCH3 is 1. The Morgan fingerprint density at radius 2 is 2.00 bits per heavy atom. The first-order valence-electron chi connectivity index (χ1n) is 7.78. The molecule has 1 heterocycles. The average molecular weight is 364 g/mol. The Labute approximate surface area is 150 Å². The number of amides is 1. The van der Waals surface area contributed by atoms with Crippen molar-refractivity contribution in [2.24, 2.45) is 0 Å². The zero-order valence-electron chi connectivity index (χ0n) is 13.6. The highest BCUT2D eigenvalue weighted by molar-refractivity contribution is 6.32. The number of ether oxygens (including phenoxy) is 3. The third kappa shape index (κ3) is 3.97. The normalized spacial score (nSPS) is 13.9. The van der Waals surface area contributed by atoms with Gasteiger partial charge in [0.05, 0.1) is 18.2 Å². The summed E-state index contributed by atoms with van der Waals surface area (Å²) in [5.74, 6) is 1.24. The van der Waals surface area contributed by atoms with Crippen LogP contribution in [0.1, 0.15) is 22.0 Å². The van der Waals surface area contributed by atoms with Gasteiger partial charge in [-0.25, -0.2) is 0 Å². The maximum atomic E-state index is 12.3. The summed E-state index contributed by atoms with van der Waals surface area (Å²) < 4.78 is 16.0. The third-order valence-corrected chi connectivity index (χ3v) is 4.10. The first-order valence-corrected chi connectivity index (χ1v) is 8.15. The molecule has 0 saturated carbocycles. The molecule has 7 heteroatoms. The maximum absolute atomic E-state index is 12.3. The molecular formula is C18H18ClNO5. The fraction of sp³-hybridized carbons (Fsp3) is 0.278. The van der Waals surface area contributed by atoms with E-state index in [0.717, 1.165) is 0 Å². The van der Waals surface area contributed by atoms with Crippen LogP contribution in [0, 0.1) is 0 Å². The molecule has 0 saturated heterocycles. The van der Waals surface area contributed by atoms with Crippen LogP contribution >= 0.6 is 11.6 Å². The number of hydrogen-bond donors (Lipinski definition) is 2. The van der Waals surface area contributed by atoms with E-state index < -0.39 is 6.10 Å². The van der Waals surface area contributed by atoms with E-state index in [1.807, 2.05) is 0 Å². The Kier molecular flexibility index (Phi) is 5.31. The minimum absolute atomic E-state index is 0.0667. The second-order valence-electron chi connectivity index (χ2n) is 5.48. The van der Waals surface area contributed by atoms with Gasteiger partial charge in [-0.05, 0) is 29.8 Å². The van der Waals surface area contributed by atoms with Crippen LogP contribution in [0.25, 0.3) is 0 Å². The van der Waals surface area contributed by atoms with Crippen molar-refractivity contribution in [3.05, 3.63) is 52.5 Å². The Bertz CT molecular complexity index is 763. The zero-order valence-corrected chi connectivity index (χ0v) is 14.4. The Morgan fingerprint density at radius 3 is 2.72 bits per heavy atom. The number of halogens is 1. The molecule has 0 spiro atoms. The largest absolute Gasteiger partial charge is 0.497 e. The van der Waals surface area contributed by atoms with Gasteiger partial charge in [0, 0.05) is 12.1 Å². The lowest BCUT2D eigenvalue weighted by molar-refractivity contribution is 0.0915. The molecule has 1 unspecified atom stereocenters. The van der Waals surface area contributed by atoms with Crippen LogP contribution < -0.4 is 19.5 Å². The van der Waals surface area contributed by atoms with Crippen LogP contribution in [0.2, 0.25) is 5.02 Å². The molecule has 1 amide bonds. The molecule has 1 atom stereocenters. The van der Waals surface area contributed by atoms with E-state index >= 15 is 0 Å². The van der Waals surface area contributed by atoms with Gasteiger partial charge in [-0.1, -0.05) is 23.7 Å². The molecule has 132 valence electrons. The highest BCUT2D eigenvalue weighted by Gasteiger charge is 2.19. The van der Waals surface area contributed by atoms with Crippen LogP contribution in [0.4, 0.5) is 0 Å². The van der Waals surface area contributed by atoms with Crippen molar-refractivity contribution >= 4 is 17.5 Å². The quantitative estimate of drug-likeness (QED) is 0.853. The van der Waals surface area contributed by atoms with Gasteiger partial charge in [0.25, 0.3) is 5.91 Å². The van der Waals surface area contributed by atoms with Crippen molar-refractivity contribution in [2.75, 3.05) is 26.9 Å². The Morgan fingerprint density at radius 1 is 1.28 bits per heavy atom. The molecule has 1 aliphatic rings. The van der Waals surface area contributed by atoms with Gasteiger partial charge in [-0.15, -0.1) is 0 Å². The lowest BCUT2D eigenvalue weighted by Gasteiger charge is -2.20. The number of rotatable bonds is 5. The highest BCUT2D eigenvalue weighted by atomic mass is 35.5. The minimum Gasteiger partial charge on any atom is -0.497 e. The molecule has 25 heavy (non-hydrogen) atoms. The van der Waals surface area contributed by atoms with E-state index in [9.17, 15) is 9.90 Å². The van der Waals surface area contributed by atoms with Crippen LogP contribution in [0.3, 0.4) is 0 Å². The zero-order chi connectivity index (χ0) is 17.8. The van der Waals surface area contributed by atoms with Gasteiger partial charge < -0.3 is 24.6 Å². The predicted octanol–water partition coefficient (Wildman–Crippen LogP) is 2.58. The molecule has 0 aromatic heterocycles. The molecule has 0 fully saturated rings. The fourth-order valence-corrected chi connectivity index (χ4v) is 2.74. The van der Waals surface area contributed by atoms with Crippen LogP contribution in [-0.4, -0.2) is 37.9 Å². The number of hydrogen-bond acceptors (Lipinski definition) is 5. The lowest BCUT2D eigenvalue weighted by atomic mass is 10.1. The van der Waals surface area contributed by atoms with Gasteiger partial charge in [0.15, 0.2) is 11.5 Å². The van der Waals surface area contributed by atoms with Gasteiger partial charge in [-0.3, -0.25) is 4.79 Å². The number of fused-ring (bicyclic) bond motifs is 1. The smallest absolute Gasteiger partial charge is 0.251 e. The summed E-state index contributed by atoms with van der Waals surface area (Å²) in [5.41, 5.74) is 1.03. The van der Waals surface area contributed by atoms with Crippen molar-refractivity contribution < 1.29 is 24.1 Å². The lowest BCUT2D eigenvalue weighted by Crippen LogP contribution is -2.28. The van der Waals surface area contributed by atoms with E-state index in [1.165, 1.54) is 6.07 Å². The monoisotopic (exact) mass is 363 g/mol. The van der Waals surface area contributed by atoms with Crippen molar-refractivity contribution in [2.45, 2.75) is 6.10 Å². The number of carbonyl (C=O) groups is 1. The van der Waals surface area contributed by atoms with Crippen LogP contribution in [0.15, 0.2) is 36.4 Å². The summed E-state index contributed by atoms with van der Waals surface area (Å²) >= 11 is 6.13. The summed E-state index contributed by atoms with van der Waals surface area (Å²) in [6, 6.07) is 10.1. The number of aliphatic hydroxyl groups excluding tert-OH is 1. The first-order chi connectivity index (χ1) is 12.1. The Hall–Kier alpha value is -2.44. The van der Waals surface area contributed by atoms with Crippen molar-refractivity contribution in [1.29, 1.82) is 0 Å². The highest BCUT2D eigenvalue weighted by Crippen LogP contribution is 2.38. The van der Waals surface area contributed by atoms with Gasteiger partial charge in [0.1, 0.15) is 19.0 Å². The van der Waals surface area contributed by atoms with Crippen LogP contribution in [0.5, 0.6) is 17.2 Å². The molecule has 0 aliphatic carbocycles. The number of carbonyl (C=O) groups excluding carboxylic acids is 1. The van der Waals surface area contributed by atoms with E-state index in [0.29, 0.717) is 46.6 Å². The average Bonchev–Trinajstić information content (AvgIpc) is 2.65. The summed E-state index contributed by atoms with van der Waals surface area (Å²) in [7, 11) is 1.57. The molecule has 1 aliphatic heterocycles. The second-order valence-corrected chi connectivity index (χ2v) is 5.89. The Balaban J connectivity index is 1.64. The summed E-state index contributed by atoms with van der Waals surface area (Å²) in [6.07, 6.45) is -0.831. The first kappa shape index (κ1) is 17.4. The van der Waals surface area contributed by atoms with Crippen LogP contribution in [-0.2, 0) is 0 Å². The standard InChI is InChI=1S/C18H18ClNO5/c1-23-13-4-2-11(3-5-13)15(21)10-20-18(22)12-8-14(19)17-16(9-12)24-6-7-25-17/h2-5,8-9,15,21H,6-7,10H2,1H3,(H,20,22). The summed E-state index contributed by atoms with van der Waals surface area (Å²) in [6.45, 7) is 0.897. The second kappa shape index (κ2) is 7.63. The topological polar surface area (TPSA) is 77.0 Å². The number of aliphatic hydroxyl groups is 1. The van der Waals surface area contributed by atoms with E-state index in [4.69, 9.17) is 25.8 Å². The SMILES string of the molecule is COc1ccc(C(O)CNC(=O)c2cc(Cl)c3c(c2)OCCO3)cc1. The molecular weight excluding hydrogens is 346 g/mol. The van der Waals surface area contributed by atoms with Gasteiger partial charge in [0.2, 0.25) is 0 Å². The number of nitrogens with one attached hydrogen (secondary N) is 1. The summed E-state index contributed by atoms with van der Waals surface area (Å²) in [5, 5.41) is 13.2. The molecule has 2 aromatic rings. The van der Waals surface area contributed by atoms with E-state index in [2.05, 4.69) is 5.32 Å². The van der Waals surface area contributed by atoms with E-state index in [1.54, 1.807) is 37.4 Å². The van der Waals surface area contributed by atoms with Gasteiger partial charge in [-0.2, -0.15) is 0 Å². The molecule has 2 aromatic carbocycles. The maximum Gasteiger partial charge on any atom is 0.251 e. The van der Waals surface area contributed by atoms with Crippen molar-refractivity contribution in [3.8, 4) is 17.2 Å². The molecule has 6 nitrogen and oxygen atoms in total. The fourth-order valence-electron chi connectivity index (χ4n) is 2.48. The van der Waals surface area contributed by atoms with Crippen molar-refractivity contribution in [1.82, 2.24) is 5.32 Å². The molecule has 2 N–H and O–H groups in total. The summed E-state index contributed by atoms with van der Waals surface area (Å²) in [4.78, 5) is 12.3. The molecule has 0 bridgehead atoms. The molecule has 0 radical (unpaired) electrons. The predicted molar refractivity (Wildman–Crippen MR) is 92.7 cm³/mol. The van der Waals surface area contributed by atoms with E-state index in [-0.39, 0.29) is 12.5 Å². The van der Waals surface area contributed by atoms with Crippen molar-refractivity contribution in [3.63, 3.8) is 0 Å². The van der Waals surface area contributed by atoms with Gasteiger partial charge >= 0.3 is 0 Å². The molecule has 3 rings (SSSR count). The minimum atomic E-state index is -0.831. The third-order valence-electron chi connectivity index (χ3n) is 3.82. The number of benzene rings is 2.